The first-order chi connectivity index (χ1) is 13.3. The van der Waals surface area contributed by atoms with Gasteiger partial charge in [-0.15, -0.1) is 0 Å². The quantitative estimate of drug-likeness (QED) is 0.710. The summed E-state index contributed by atoms with van der Waals surface area (Å²) < 4.78 is 38.5. The first kappa shape index (κ1) is 19.0. The molecule has 0 atom stereocenters. The van der Waals surface area contributed by atoms with E-state index in [2.05, 4.69) is 20.6 Å². The van der Waals surface area contributed by atoms with Crippen LogP contribution in [0, 0.1) is 0 Å². The van der Waals surface area contributed by atoms with E-state index in [9.17, 15) is 22.8 Å². The lowest BCUT2D eigenvalue weighted by atomic mass is 10.1. The molecule has 0 aliphatic heterocycles. The third kappa shape index (κ3) is 4.50. The first-order valence-electron chi connectivity index (χ1n) is 7.99. The summed E-state index contributed by atoms with van der Waals surface area (Å²) >= 11 is 0. The highest BCUT2D eigenvalue weighted by Crippen LogP contribution is 2.31. The molecule has 0 saturated heterocycles. The van der Waals surface area contributed by atoms with Gasteiger partial charge >= 0.3 is 6.18 Å². The Balaban J connectivity index is 1.81. The maximum absolute atomic E-state index is 12.8. The van der Waals surface area contributed by atoms with E-state index in [4.69, 9.17) is 0 Å². The van der Waals surface area contributed by atoms with Crippen LogP contribution in [0.3, 0.4) is 0 Å². The number of halogens is 3. The summed E-state index contributed by atoms with van der Waals surface area (Å²) in [5.74, 6) is -1.25. The van der Waals surface area contributed by atoms with Crippen molar-refractivity contribution in [2.24, 2.45) is 0 Å². The summed E-state index contributed by atoms with van der Waals surface area (Å²) in [5.41, 5.74) is -0.584. The molecule has 0 spiro atoms. The number of nitrogens with zero attached hydrogens (tertiary/aromatic N) is 2. The van der Waals surface area contributed by atoms with Crippen molar-refractivity contribution in [3.63, 3.8) is 0 Å². The van der Waals surface area contributed by atoms with Crippen LogP contribution in [0.1, 0.15) is 26.4 Å². The number of nitrogens with one attached hydrogen (secondary N) is 2. The second-order valence-corrected chi connectivity index (χ2v) is 5.62. The normalized spacial score (nSPS) is 11.0. The fraction of sp³-hybridized carbons (Fsp3) is 0.0526. The van der Waals surface area contributed by atoms with Crippen molar-refractivity contribution >= 4 is 23.2 Å². The molecule has 1 aromatic heterocycles. The molecule has 3 aromatic rings. The molecule has 3 rings (SSSR count). The van der Waals surface area contributed by atoms with Crippen molar-refractivity contribution < 1.29 is 22.8 Å². The van der Waals surface area contributed by atoms with Crippen LogP contribution >= 0.6 is 0 Å². The lowest BCUT2D eigenvalue weighted by Gasteiger charge is -2.12. The Morgan fingerprint density at radius 3 is 2.39 bits per heavy atom. The highest BCUT2D eigenvalue weighted by molar-refractivity contribution is 6.12. The predicted octanol–water partition coefficient (Wildman–Crippen LogP) is 4.00. The van der Waals surface area contributed by atoms with Crippen molar-refractivity contribution in [3.05, 3.63) is 83.9 Å². The number of carbonyl (C=O) groups excluding carboxylic acids is 2. The summed E-state index contributed by atoms with van der Waals surface area (Å²) in [4.78, 5) is 32.4. The molecule has 2 N–H and O–H groups in total. The summed E-state index contributed by atoms with van der Waals surface area (Å²) in [6.45, 7) is 0. The molecule has 2 amide bonds. The second kappa shape index (κ2) is 7.87. The summed E-state index contributed by atoms with van der Waals surface area (Å²) in [5, 5.41) is 4.95. The smallest absolute Gasteiger partial charge is 0.322 e. The molecule has 9 heteroatoms. The Kier molecular flexibility index (Phi) is 5.35. The largest absolute Gasteiger partial charge is 0.416 e. The molecule has 0 aliphatic carbocycles. The number of aromatic nitrogens is 2. The van der Waals surface area contributed by atoms with Crippen molar-refractivity contribution in [2.75, 3.05) is 10.6 Å². The Morgan fingerprint density at radius 1 is 0.893 bits per heavy atom. The van der Waals surface area contributed by atoms with Crippen LogP contribution in [0.15, 0.2) is 67.1 Å². The first-order valence-corrected chi connectivity index (χ1v) is 7.99. The Labute approximate surface area is 157 Å². The van der Waals surface area contributed by atoms with Gasteiger partial charge in [-0.3, -0.25) is 14.6 Å². The third-order valence-corrected chi connectivity index (χ3v) is 3.66. The average Bonchev–Trinajstić information content (AvgIpc) is 2.68. The van der Waals surface area contributed by atoms with Crippen LogP contribution in [0.4, 0.5) is 24.5 Å². The van der Waals surface area contributed by atoms with E-state index in [1.807, 2.05) is 0 Å². The van der Waals surface area contributed by atoms with Crippen molar-refractivity contribution in [1.29, 1.82) is 0 Å². The highest BCUT2D eigenvalue weighted by atomic mass is 19.4. The average molecular weight is 386 g/mol. The van der Waals surface area contributed by atoms with Gasteiger partial charge in [-0.2, -0.15) is 13.2 Å². The van der Waals surface area contributed by atoms with Crippen LogP contribution in [-0.4, -0.2) is 21.8 Å². The van der Waals surface area contributed by atoms with Crippen LogP contribution in [0.2, 0.25) is 0 Å². The van der Waals surface area contributed by atoms with Gasteiger partial charge < -0.3 is 10.6 Å². The summed E-state index contributed by atoms with van der Waals surface area (Å²) in [7, 11) is 0. The van der Waals surface area contributed by atoms with Gasteiger partial charge in [0.05, 0.1) is 23.0 Å². The molecule has 0 saturated carbocycles. The Hall–Kier alpha value is -3.75. The molecule has 1 heterocycles. The molecule has 0 bridgehead atoms. The number of benzene rings is 2. The zero-order valence-corrected chi connectivity index (χ0v) is 14.2. The Bertz CT molecular complexity index is 1010. The number of hydrogen-bond donors (Lipinski definition) is 2. The molecule has 6 nitrogen and oxygen atoms in total. The van der Waals surface area contributed by atoms with Crippen LogP contribution < -0.4 is 10.6 Å². The maximum atomic E-state index is 12.8. The van der Waals surface area contributed by atoms with Gasteiger partial charge in [-0.1, -0.05) is 18.2 Å². The molecule has 28 heavy (non-hydrogen) atoms. The minimum atomic E-state index is -4.52. The number of alkyl halides is 3. The van der Waals surface area contributed by atoms with E-state index < -0.39 is 23.6 Å². The van der Waals surface area contributed by atoms with Gasteiger partial charge in [0.15, 0.2) is 0 Å². The summed E-state index contributed by atoms with van der Waals surface area (Å²) in [6.07, 6.45) is -0.502. The van der Waals surface area contributed by atoms with Gasteiger partial charge in [0.1, 0.15) is 5.69 Å². The van der Waals surface area contributed by atoms with Crippen LogP contribution in [0.25, 0.3) is 0 Å². The van der Waals surface area contributed by atoms with E-state index in [0.717, 1.165) is 12.1 Å². The third-order valence-electron chi connectivity index (χ3n) is 3.66. The van der Waals surface area contributed by atoms with E-state index in [-0.39, 0.29) is 22.6 Å². The topological polar surface area (TPSA) is 84.0 Å². The van der Waals surface area contributed by atoms with E-state index >= 15 is 0 Å². The minimum absolute atomic E-state index is 0.0186. The number of rotatable bonds is 4. The Morgan fingerprint density at radius 2 is 1.68 bits per heavy atom. The highest BCUT2D eigenvalue weighted by Gasteiger charge is 2.30. The van der Waals surface area contributed by atoms with Crippen molar-refractivity contribution in [1.82, 2.24) is 9.97 Å². The number of para-hydroxylation sites is 1. The lowest BCUT2D eigenvalue weighted by molar-refractivity contribution is -0.137. The fourth-order valence-corrected chi connectivity index (χ4v) is 2.36. The van der Waals surface area contributed by atoms with Crippen molar-refractivity contribution in [2.45, 2.75) is 6.18 Å². The fourth-order valence-electron chi connectivity index (χ4n) is 2.36. The van der Waals surface area contributed by atoms with Crippen molar-refractivity contribution in [3.8, 4) is 0 Å². The van der Waals surface area contributed by atoms with E-state index in [1.165, 1.54) is 42.9 Å². The van der Waals surface area contributed by atoms with E-state index in [0.29, 0.717) is 0 Å². The molecule has 0 aliphatic rings. The predicted molar refractivity (Wildman–Crippen MR) is 95.8 cm³/mol. The number of carbonyl (C=O) groups is 2. The van der Waals surface area contributed by atoms with Gasteiger partial charge in [0, 0.05) is 18.1 Å². The SMILES string of the molecule is O=C(Nc1ccccc1C(=O)Nc1cccc(C(F)(F)F)c1)c1cnccn1. The molecular weight excluding hydrogens is 373 g/mol. The number of hydrogen-bond acceptors (Lipinski definition) is 4. The molecule has 0 unspecified atom stereocenters. The van der Waals surface area contributed by atoms with Gasteiger partial charge in [0.2, 0.25) is 0 Å². The van der Waals surface area contributed by atoms with Gasteiger partial charge in [-0.05, 0) is 30.3 Å². The zero-order chi connectivity index (χ0) is 20.1. The molecular formula is C19H13F3N4O2. The van der Waals surface area contributed by atoms with Gasteiger partial charge in [-0.25, -0.2) is 4.98 Å². The second-order valence-electron chi connectivity index (χ2n) is 5.62. The summed E-state index contributed by atoms with van der Waals surface area (Å²) in [6, 6.07) is 10.4. The lowest BCUT2D eigenvalue weighted by Crippen LogP contribution is -2.19. The molecule has 142 valence electrons. The zero-order valence-electron chi connectivity index (χ0n) is 14.2. The van der Waals surface area contributed by atoms with Crippen LogP contribution in [0.5, 0.6) is 0 Å². The van der Waals surface area contributed by atoms with Gasteiger partial charge in [0.25, 0.3) is 11.8 Å². The minimum Gasteiger partial charge on any atom is -0.322 e. The maximum Gasteiger partial charge on any atom is 0.416 e. The monoisotopic (exact) mass is 386 g/mol. The van der Waals surface area contributed by atoms with E-state index in [1.54, 1.807) is 12.1 Å². The van der Waals surface area contributed by atoms with Crippen LogP contribution in [-0.2, 0) is 6.18 Å². The molecule has 0 fully saturated rings. The molecule has 2 aromatic carbocycles. The number of amides is 2. The standard InChI is InChI=1S/C19H13F3N4O2/c20-19(21,22)12-4-3-5-13(10-12)25-17(27)14-6-1-2-7-15(14)26-18(28)16-11-23-8-9-24-16/h1-11H,(H,25,27)(H,26,28). The number of anilines is 2. The molecule has 0 radical (unpaired) electrons.